The Kier molecular flexibility index (Phi) is 2.60. The van der Waals surface area contributed by atoms with Gasteiger partial charge < -0.3 is 0 Å². The van der Waals surface area contributed by atoms with Gasteiger partial charge in [-0.25, -0.2) is 9.67 Å². The normalized spacial score (nSPS) is 11.0. The number of rotatable bonds is 2. The van der Waals surface area contributed by atoms with E-state index in [1.165, 1.54) is 0 Å². The van der Waals surface area contributed by atoms with Gasteiger partial charge in [-0.05, 0) is 12.1 Å². The molecule has 0 aliphatic carbocycles. The number of hydrogen-bond donors (Lipinski definition) is 0. The van der Waals surface area contributed by atoms with Gasteiger partial charge in [-0.1, -0.05) is 48.5 Å². The van der Waals surface area contributed by atoms with Crippen LogP contribution < -0.4 is 0 Å². The van der Waals surface area contributed by atoms with Gasteiger partial charge in [-0.15, -0.1) is 16.4 Å². The summed E-state index contributed by atoms with van der Waals surface area (Å²) in [5, 5.41) is 5.56. The Morgan fingerprint density at radius 2 is 1.55 bits per heavy atom. The van der Waals surface area contributed by atoms with Crippen LogP contribution in [-0.4, -0.2) is 14.8 Å². The number of benzene rings is 2. The quantitative estimate of drug-likeness (QED) is 0.551. The smallest absolute Gasteiger partial charge is 0.193 e. The van der Waals surface area contributed by atoms with Crippen LogP contribution in [0.5, 0.6) is 0 Å². The first-order chi connectivity index (χ1) is 9.90. The topological polar surface area (TPSA) is 30.7 Å². The SMILES string of the molecule is c1ccc(-c2nc3nn(-c4ccccc4)cc3s2)cc1. The third kappa shape index (κ3) is 1.90. The Hall–Kier alpha value is -2.46. The molecule has 4 aromatic rings. The van der Waals surface area contributed by atoms with Crippen molar-refractivity contribution < 1.29 is 0 Å². The van der Waals surface area contributed by atoms with Crippen molar-refractivity contribution in [1.82, 2.24) is 14.8 Å². The number of thiazole rings is 1. The second-order valence-electron chi connectivity index (χ2n) is 4.48. The zero-order valence-corrected chi connectivity index (χ0v) is 11.4. The summed E-state index contributed by atoms with van der Waals surface area (Å²) in [5.74, 6) is 0. The summed E-state index contributed by atoms with van der Waals surface area (Å²) in [4.78, 5) is 4.62. The molecular weight excluding hydrogens is 266 g/mol. The number of para-hydroxylation sites is 1. The highest BCUT2D eigenvalue weighted by Crippen LogP contribution is 2.29. The molecule has 0 unspecified atom stereocenters. The molecule has 0 atom stereocenters. The van der Waals surface area contributed by atoms with E-state index in [0.717, 1.165) is 26.6 Å². The van der Waals surface area contributed by atoms with Crippen LogP contribution in [0.25, 0.3) is 26.6 Å². The third-order valence-corrected chi connectivity index (χ3v) is 4.15. The second-order valence-corrected chi connectivity index (χ2v) is 5.51. The Morgan fingerprint density at radius 3 is 2.25 bits per heavy atom. The zero-order valence-electron chi connectivity index (χ0n) is 10.6. The van der Waals surface area contributed by atoms with E-state index >= 15 is 0 Å². The Balaban J connectivity index is 1.78. The highest BCUT2D eigenvalue weighted by Gasteiger charge is 2.10. The summed E-state index contributed by atoms with van der Waals surface area (Å²) in [6.07, 6.45) is 2.04. The lowest BCUT2D eigenvalue weighted by Gasteiger charge is -1.98. The molecule has 2 heterocycles. The average molecular weight is 277 g/mol. The summed E-state index contributed by atoms with van der Waals surface area (Å²) in [6, 6.07) is 20.3. The number of nitrogens with zero attached hydrogens (tertiary/aromatic N) is 3. The standard InChI is InChI=1S/C16H11N3S/c1-3-7-12(8-4-1)16-17-15-14(20-16)11-19(18-15)13-9-5-2-6-10-13/h1-11H. The highest BCUT2D eigenvalue weighted by atomic mass is 32.1. The Bertz CT molecular complexity index is 747. The molecule has 0 saturated heterocycles. The van der Waals surface area contributed by atoms with Crippen molar-refractivity contribution in [2.75, 3.05) is 0 Å². The molecule has 96 valence electrons. The summed E-state index contributed by atoms with van der Waals surface area (Å²) < 4.78 is 2.98. The molecule has 0 N–H and O–H groups in total. The lowest BCUT2D eigenvalue weighted by atomic mass is 10.2. The minimum Gasteiger partial charge on any atom is -0.237 e. The van der Waals surface area contributed by atoms with Gasteiger partial charge in [0, 0.05) is 5.56 Å². The van der Waals surface area contributed by atoms with Crippen molar-refractivity contribution in [3.05, 3.63) is 66.9 Å². The Morgan fingerprint density at radius 1 is 0.850 bits per heavy atom. The highest BCUT2D eigenvalue weighted by molar-refractivity contribution is 7.21. The van der Waals surface area contributed by atoms with Crippen LogP contribution in [0.2, 0.25) is 0 Å². The predicted molar refractivity (Wildman–Crippen MR) is 82.2 cm³/mol. The molecule has 0 spiro atoms. The molecule has 0 aliphatic rings. The number of hydrogen-bond acceptors (Lipinski definition) is 3. The van der Waals surface area contributed by atoms with Crippen molar-refractivity contribution in [1.29, 1.82) is 0 Å². The second kappa shape index (κ2) is 4.58. The van der Waals surface area contributed by atoms with Gasteiger partial charge in [0.05, 0.1) is 16.6 Å². The van der Waals surface area contributed by atoms with Crippen LogP contribution >= 0.6 is 11.3 Å². The van der Waals surface area contributed by atoms with Crippen LogP contribution in [-0.2, 0) is 0 Å². The van der Waals surface area contributed by atoms with Crippen LogP contribution in [0, 0.1) is 0 Å². The van der Waals surface area contributed by atoms with Crippen molar-refractivity contribution in [3.8, 4) is 16.3 Å². The molecule has 0 radical (unpaired) electrons. The maximum Gasteiger partial charge on any atom is 0.193 e. The maximum absolute atomic E-state index is 4.62. The van der Waals surface area contributed by atoms with Gasteiger partial charge in [0.25, 0.3) is 0 Å². The summed E-state index contributed by atoms with van der Waals surface area (Å²) >= 11 is 1.67. The maximum atomic E-state index is 4.62. The Labute approximate surface area is 120 Å². The first-order valence-electron chi connectivity index (χ1n) is 6.37. The molecule has 0 bridgehead atoms. The fourth-order valence-corrected chi connectivity index (χ4v) is 3.06. The van der Waals surface area contributed by atoms with Crippen molar-refractivity contribution in [2.24, 2.45) is 0 Å². The first-order valence-corrected chi connectivity index (χ1v) is 7.19. The van der Waals surface area contributed by atoms with E-state index < -0.39 is 0 Å². The summed E-state index contributed by atoms with van der Waals surface area (Å²) in [5.41, 5.74) is 3.00. The minimum absolute atomic E-state index is 0.803. The van der Waals surface area contributed by atoms with Crippen molar-refractivity contribution >= 4 is 21.7 Å². The molecule has 4 heteroatoms. The zero-order chi connectivity index (χ0) is 13.4. The number of aromatic nitrogens is 3. The van der Waals surface area contributed by atoms with Gasteiger partial charge >= 0.3 is 0 Å². The molecule has 2 aromatic carbocycles. The van der Waals surface area contributed by atoms with Crippen LogP contribution in [0.1, 0.15) is 0 Å². The first kappa shape index (κ1) is 11.4. The van der Waals surface area contributed by atoms with Gasteiger partial charge in [0.15, 0.2) is 5.65 Å². The fraction of sp³-hybridized carbons (Fsp3) is 0. The van der Waals surface area contributed by atoms with Crippen molar-refractivity contribution in [2.45, 2.75) is 0 Å². The molecule has 0 aliphatic heterocycles. The van der Waals surface area contributed by atoms with E-state index in [4.69, 9.17) is 0 Å². The molecule has 4 rings (SSSR count). The monoisotopic (exact) mass is 277 g/mol. The van der Waals surface area contributed by atoms with Crippen LogP contribution in [0.3, 0.4) is 0 Å². The molecule has 0 saturated carbocycles. The van der Waals surface area contributed by atoms with E-state index in [9.17, 15) is 0 Å². The van der Waals surface area contributed by atoms with Gasteiger partial charge in [0.1, 0.15) is 5.01 Å². The van der Waals surface area contributed by atoms with E-state index in [1.54, 1.807) is 11.3 Å². The summed E-state index contributed by atoms with van der Waals surface area (Å²) in [7, 11) is 0. The van der Waals surface area contributed by atoms with E-state index in [1.807, 2.05) is 59.4 Å². The predicted octanol–water partition coefficient (Wildman–Crippen LogP) is 4.15. The third-order valence-electron chi connectivity index (χ3n) is 3.12. The lowest BCUT2D eigenvalue weighted by Crippen LogP contribution is -1.93. The average Bonchev–Trinajstić information content (AvgIpc) is 3.08. The molecule has 0 fully saturated rings. The van der Waals surface area contributed by atoms with Gasteiger partial charge in [-0.2, -0.15) is 0 Å². The van der Waals surface area contributed by atoms with Gasteiger partial charge in [0.2, 0.25) is 0 Å². The fourth-order valence-electron chi connectivity index (χ4n) is 2.14. The van der Waals surface area contributed by atoms with E-state index in [0.29, 0.717) is 0 Å². The largest absolute Gasteiger partial charge is 0.237 e. The molecule has 20 heavy (non-hydrogen) atoms. The van der Waals surface area contributed by atoms with E-state index in [2.05, 4.69) is 22.2 Å². The van der Waals surface area contributed by atoms with Crippen LogP contribution in [0.4, 0.5) is 0 Å². The van der Waals surface area contributed by atoms with E-state index in [-0.39, 0.29) is 0 Å². The molecule has 3 nitrogen and oxygen atoms in total. The molecule has 2 aromatic heterocycles. The minimum atomic E-state index is 0.803. The lowest BCUT2D eigenvalue weighted by molar-refractivity contribution is 0.890. The summed E-state index contributed by atoms with van der Waals surface area (Å²) in [6.45, 7) is 0. The van der Waals surface area contributed by atoms with Crippen molar-refractivity contribution in [3.63, 3.8) is 0 Å². The van der Waals surface area contributed by atoms with Crippen LogP contribution in [0.15, 0.2) is 66.9 Å². The van der Waals surface area contributed by atoms with Gasteiger partial charge in [-0.3, -0.25) is 0 Å². The molecule has 0 amide bonds. The molecular formula is C16H11N3S. The number of fused-ring (bicyclic) bond motifs is 1.